The van der Waals surface area contributed by atoms with Crippen molar-refractivity contribution in [2.24, 2.45) is 0 Å². The maximum absolute atomic E-state index is 12.0. The van der Waals surface area contributed by atoms with Gasteiger partial charge in [0.15, 0.2) is 0 Å². The first-order valence-corrected chi connectivity index (χ1v) is 6.83. The second kappa shape index (κ2) is 9.61. The third-order valence-electron chi connectivity index (χ3n) is 2.98. The largest absolute Gasteiger partial charge is 0.481 e. The average Bonchev–Trinajstić information content (AvgIpc) is 2.33. The van der Waals surface area contributed by atoms with E-state index in [0.29, 0.717) is 19.5 Å². The first kappa shape index (κ1) is 17.7. The molecule has 0 aromatic carbocycles. The van der Waals surface area contributed by atoms with Crippen LogP contribution in [-0.4, -0.2) is 66.2 Å². The fourth-order valence-corrected chi connectivity index (χ4v) is 1.61. The van der Waals surface area contributed by atoms with E-state index < -0.39 is 5.97 Å². The number of nitrogens with zero attached hydrogens (tertiary/aromatic N) is 2. The lowest BCUT2D eigenvalue weighted by atomic mass is 10.2. The Morgan fingerprint density at radius 2 is 1.89 bits per heavy atom. The highest BCUT2D eigenvalue weighted by atomic mass is 16.4. The zero-order valence-electron chi connectivity index (χ0n) is 12.5. The molecule has 0 atom stereocenters. The summed E-state index contributed by atoms with van der Waals surface area (Å²) in [5.41, 5.74) is 0. The SMILES string of the molecule is CCN(C)CCNC(=O)N(CCCC(=O)O)C(C)C. The third kappa shape index (κ3) is 8.42. The molecule has 19 heavy (non-hydrogen) atoms. The molecule has 0 aromatic rings. The van der Waals surface area contributed by atoms with Gasteiger partial charge >= 0.3 is 12.0 Å². The number of amides is 2. The summed E-state index contributed by atoms with van der Waals surface area (Å²) in [5, 5.41) is 11.5. The molecule has 2 N–H and O–H groups in total. The van der Waals surface area contributed by atoms with Crippen LogP contribution in [0.15, 0.2) is 0 Å². The van der Waals surface area contributed by atoms with E-state index in [0.717, 1.165) is 13.1 Å². The van der Waals surface area contributed by atoms with Gasteiger partial charge in [-0.1, -0.05) is 6.92 Å². The van der Waals surface area contributed by atoms with Crippen LogP contribution in [0.1, 0.15) is 33.6 Å². The molecule has 0 rings (SSSR count). The number of carbonyl (C=O) groups excluding carboxylic acids is 1. The molecule has 6 heteroatoms. The van der Waals surface area contributed by atoms with Crippen LogP contribution < -0.4 is 5.32 Å². The lowest BCUT2D eigenvalue weighted by molar-refractivity contribution is -0.137. The molecule has 0 bridgehead atoms. The summed E-state index contributed by atoms with van der Waals surface area (Å²) in [4.78, 5) is 26.2. The van der Waals surface area contributed by atoms with Crippen LogP contribution in [0, 0.1) is 0 Å². The Hall–Kier alpha value is -1.30. The van der Waals surface area contributed by atoms with Gasteiger partial charge in [0.1, 0.15) is 0 Å². The van der Waals surface area contributed by atoms with E-state index in [9.17, 15) is 9.59 Å². The number of carboxylic acids is 1. The van der Waals surface area contributed by atoms with Gasteiger partial charge in [-0.2, -0.15) is 0 Å². The molecule has 0 saturated carbocycles. The van der Waals surface area contributed by atoms with Crippen molar-refractivity contribution < 1.29 is 14.7 Å². The van der Waals surface area contributed by atoms with Crippen molar-refractivity contribution >= 4 is 12.0 Å². The molecule has 0 heterocycles. The van der Waals surface area contributed by atoms with Gasteiger partial charge in [-0.25, -0.2) is 4.79 Å². The molecule has 0 aliphatic heterocycles. The first-order chi connectivity index (χ1) is 8.88. The molecule has 0 spiro atoms. The highest BCUT2D eigenvalue weighted by molar-refractivity contribution is 5.74. The Balaban J connectivity index is 4.07. The lowest BCUT2D eigenvalue weighted by Gasteiger charge is -2.27. The maximum atomic E-state index is 12.0. The van der Waals surface area contributed by atoms with Crippen molar-refractivity contribution in [1.82, 2.24) is 15.1 Å². The van der Waals surface area contributed by atoms with Crippen molar-refractivity contribution in [1.29, 1.82) is 0 Å². The average molecular weight is 273 g/mol. The highest BCUT2D eigenvalue weighted by Crippen LogP contribution is 2.02. The minimum Gasteiger partial charge on any atom is -0.481 e. The van der Waals surface area contributed by atoms with Crippen LogP contribution >= 0.6 is 0 Å². The normalized spacial score (nSPS) is 10.8. The smallest absolute Gasteiger partial charge is 0.317 e. The lowest BCUT2D eigenvalue weighted by Crippen LogP contribution is -2.46. The molecular weight excluding hydrogens is 246 g/mol. The van der Waals surface area contributed by atoms with Crippen molar-refractivity contribution in [3.8, 4) is 0 Å². The molecule has 0 radical (unpaired) electrons. The zero-order chi connectivity index (χ0) is 14.8. The monoisotopic (exact) mass is 273 g/mol. The van der Waals surface area contributed by atoms with E-state index in [-0.39, 0.29) is 18.5 Å². The minimum absolute atomic E-state index is 0.0673. The molecule has 6 nitrogen and oxygen atoms in total. The van der Waals surface area contributed by atoms with Crippen LogP contribution in [0.25, 0.3) is 0 Å². The predicted molar refractivity (Wildman–Crippen MR) is 75.3 cm³/mol. The Labute approximate surface area is 115 Å². The van der Waals surface area contributed by atoms with E-state index in [2.05, 4.69) is 17.1 Å². The van der Waals surface area contributed by atoms with E-state index in [1.165, 1.54) is 0 Å². The van der Waals surface area contributed by atoms with Gasteiger partial charge in [0, 0.05) is 32.1 Å². The van der Waals surface area contributed by atoms with Crippen LogP contribution in [0.2, 0.25) is 0 Å². The van der Waals surface area contributed by atoms with E-state index in [1.54, 1.807) is 4.90 Å². The molecule has 112 valence electrons. The summed E-state index contributed by atoms with van der Waals surface area (Å²) in [6.07, 6.45) is 0.574. The van der Waals surface area contributed by atoms with Gasteiger partial charge in [-0.15, -0.1) is 0 Å². The molecule has 0 aliphatic rings. The Morgan fingerprint density at radius 3 is 2.37 bits per heavy atom. The Bertz CT molecular complexity index is 282. The molecule has 0 aromatic heterocycles. The minimum atomic E-state index is -0.825. The number of carboxylic acid groups (broad SMARTS) is 1. The Morgan fingerprint density at radius 1 is 1.26 bits per heavy atom. The number of nitrogens with one attached hydrogen (secondary N) is 1. The molecule has 0 unspecified atom stereocenters. The van der Waals surface area contributed by atoms with Gasteiger partial charge < -0.3 is 20.2 Å². The van der Waals surface area contributed by atoms with Crippen LogP contribution in [0.3, 0.4) is 0 Å². The van der Waals surface area contributed by atoms with E-state index in [4.69, 9.17) is 5.11 Å². The fraction of sp³-hybridized carbons (Fsp3) is 0.846. The van der Waals surface area contributed by atoms with Crippen molar-refractivity contribution in [2.75, 3.05) is 33.2 Å². The highest BCUT2D eigenvalue weighted by Gasteiger charge is 2.16. The second-order valence-electron chi connectivity index (χ2n) is 4.91. The van der Waals surface area contributed by atoms with E-state index >= 15 is 0 Å². The molecule has 0 aliphatic carbocycles. The summed E-state index contributed by atoms with van der Waals surface area (Å²) in [7, 11) is 2.00. The standard InChI is InChI=1S/C13H27N3O3/c1-5-15(4)10-8-14-13(19)16(11(2)3)9-6-7-12(17)18/h11H,5-10H2,1-4H3,(H,14,19)(H,17,18). The Kier molecular flexibility index (Phi) is 8.95. The first-order valence-electron chi connectivity index (χ1n) is 6.83. The van der Waals surface area contributed by atoms with Crippen molar-refractivity contribution in [2.45, 2.75) is 39.7 Å². The number of rotatable bonds is 9. The number of likely N-dealkylation sites (N-methyl/N-ethyl adjacent to an activating group) is 1. The third-order valence-corrected chi connectivity index (χ3v) is 2.98. The number of hydrogen-bond acceptors (Lipinski definition) is 3. The fourth-order valence-electron chi connectivity index (χ4n) is 1.61. The zero-order valence-corrected chi connectivity index (χ0v) is 12.5. The predicted octanol–water partition coefficient (Wildman–Crippen LogP) is 1.22. The molecule has 0 fully saturated rings. The van der Waals surface area contributed by atoms with Crippen molar-refractivity contribution in [3.63, 3.8) is 0 Å². The van der Waals surface area contributed by atoms with Crippen LogP contribution in [0.5, 0.6) is 0 Å². The van der Waals surface area contributed by atoms with Gasteiger partial charge in [-0.05, 0) is 33.9 Å². The van der Waals surface area contributed by atoms with E-state index in [1.807, 2.05) is 20.9 Å². The summed E-state index contributed by atoms with van der Waals surface area (Å²) in [6.45, 7) is 8.75. The van der Waals surface area contributed by atoms with Gasteiger partial charge in [-0.3, -0.25) is 4.79 Å². The maximum Gasteiger partial charge on any atom is 0.317 e. The number of aliphatic carboxylic acids is 1. The molecule has 2 amide bonds. The van der Waals surface area contributed by atoms with Crippen LogP contribution in [0.4, 0.5) is 4.79 Å². The van der Waals surface area contributed by atoms with Crippen LogP contribution in [-0.2, 0) is 4.79 Å². The quantitative estimate of drug-likeness (QED) is 0.662. The van der Waals surface area contributed by atoms with Gasteiger partial charge in [0.2, 0.25) is 0 Å². The van der Waals surface area contributed by atoms with Gasteiger partial charge in [0.05, 0.1) is 0 Å². The number of urea groups is 1. The number of carbonyl (C=O) groups is 2. The molecular formula is C13H27N3O3. The molecule has 0 saturated heterocycles. The summed E-state index contributed by atoms with van der Waals surface area (Å²) < 4.78 is 0. The van der Waals surface area contributed by atoms with Crippen molar-refractivity contribution in [3.05, 3.63) is 0 Å². The van der Waals surface area contributed by atoms with Gasteiger partial charge in [0.25, 0.3) is 0 Å². The summed E-state index contributed by atoms with van der Waals surface area (Å²) in [5.74, 6) is -0.825. The summed E-state index contributed by atoms with van der Waals surface area (Å²) in [6, 6.07) is -0.0532. The summed E-state index contributed by atoms with van der Waals surface area (Å²) >= 11 is 0. The number of hydrogen-bond donors (Lipinski definition) is 2. The topological polar surface area (TPSA) is 72.9 Å². The second-order valence-corrected chi connectivity index (χ2v) is 4.91.